The Kier molecular flexibility index (Phi) is 7.78. The summed E-state index contributed by atoms with van der Waals surface area (Å²) in [5.74, 6) is -0.395. The second-order valence-corrected chi connectivity index (χ2v) is 12.5. The van der Waals surface area contributed by atoms with Crippen LogP contribution in [0.4, 0.5) is 5.69 Å². The van der Waals surface area contributed by atoms with Gasteiger partial charge in [0.05, 0.1) is 30.8 Å². The molecule has 3 aromatic rings. The summed E-state index contributed by atoms with van der Waals surface area (Å²) >= 11 is 6.51. The van der Waals surface area contributed by atoms with E-state index in [1.54, 1.807) is 37.2 Å². The van der Waals surface area contributed by atoms with E-state index in [4.69, 9.17) is 21.1 Å². The van der Waals surface area contributed by atoms with E-state index >= 15 is 4.79 Å². The van der Waals surface area contributed by atoms with Gasteiger partial charge in [0.15, 0.2) is 5.54 Å². The fourth-order valence-corrected chi connectivity index (χ4v) is 7.57. The average Bonchev–Trinajstić information content (AvgIpc) is 3.57. The number of amides is 2. The first-order valence-corrected chi connectivity index (χ1v) is 15.0. The summed E-state index contributed by atoms with van der Waals surface area (Å²) in [6.07, 6.45) is 1.63. The van der Waals surface area contributed by atoms with Gasteiger partial charge >= 0.3 is 0 Å². The number of hydrogen-bond acceptors (Lipinski definition) is 8. The molecule has 10 nitrogen and oxygen atoms in total. The number of nitrogens with zero attached hydrogens (tertiary/aromatic N) is 3. The van der Waals surface area contributed by atoms with Crippen molar-refractivity contribution in [2.45, 2.75) is 29.3 Å². The fourth-order valence-electron chi connectivity index (χ4n) is 5.94. The number of methoxy groups -OCH3 is 2. The number of benzene rings is 3. The first kappa shape index (κ1) is 29.6. The van der Waals surface area contributed by atoms with Gasteiger partial charge in [0, 0.05) is 42.4 Å². The lowest BCUT2D eigenvalue weighted by Crippen LogP contribution is -2.59. The summed E-state index contributed by atoms with van der Waals surface area (Å²) in [6, 6.07) is 14.1. The van der Waals surface area contributed by atoms with E-state index < -0.39 is 27.5 Å². The second-order valence-electron chi connectivity index (χ2n) is 10.3. The van der Waals surface area contributed by atoms with Gasteiger partial charge in [-0.05, 0) is 73.5 Å². The molecular weight excluding hydrogens is 582 g/mol. The molecule has 0 saturated carbocycles. The standard InChI is InChI=1S/C30H30ClN3O7S/c1-32(2)28(36)26-6-5-15-33(26)30(24-16-19(18-35)7-14-27(24)41-4)23-17-20(31)8-13-25(23)34(29(30)37)42(38,39)22-11-9-21(40-3)10-12-22/h7-14,16-18,26H,5-6,15H2,1-4H3/t26-,30?/m0/s1. The molecule has 5 rings (SSSR count). The summed E-state index contributed by atoms with van der Waals surface area (Å²) in [5.41, 5.74) is -1.06. The van der Waals surface area contributed by atoms with Crippen molar-refractivity contribution in [2.24, 2.45) is 0 Å². The van der Waals surface area contributed by atoms with Gasteiger partial charge in [-0.2, -0.15) is 0 Å². The summed E-state index contributed by atoms with van der Waals surface area (Å²) in [6.45, 7) is 0.285. The maximum absolute atomic E-state index is 15.1. The van der Waals surface area contributed by atoms with E-state index in [-0.39, 0.29) is 50.5 Å². The topological polar surface area (TPSA) is 114 Å². The molecule has 1 unspecified atom stereocenters. The maximum Gasteiger partial charge on any atom is 0.271 e. The van der Waals surface area contributed by atoms with E-state index in [1.807, 2.05) is 0 Å². The highest BCUT2D eigenvalue weighted by Gasteiger charge is 2.63. The minimum atomic E-state index is -4.48. The van der Waals surface area contributed by atoms with Crippen molar-refractivity contribution in [3.05, 3.63) is 82.4 Å². The number of likely N-dealkylation sites (N-methyl/N-ethyl adjacent to an activating group) is 1. The lowest BCUT2D eigenvalue weighted by atomic mass is 9.80. The van der Waals surface area contributed by atoms with Crippen LogP contribution >= 0.6 is 11.6 Å². The third kappa shape index (κ3) is 4.43. The summed E-state index contributed by atoms with van der Waals surface area (Å²) in [5, 5.41) is 0.259. The third-order valence-corrected chi connectivity index (χ3v) is 9.76. The Balaban J connectivity index is 1.87. The van der Waals surface area contributed by atoms with Crippen molar-refractivity contribution in [1.29, 1.82) is 0 Å². The van der Waals surface area contributed by atoms with Crippen LogP contribution in [0.15, 0.2) is 65.6 Å². The molecule has 2 atom stereocenters. The van der Waals surface area contributed by atoms with Gasteiger partial charge in [-0.25, -0.2) is 12.7 Å². The average molecular weight is 612 g/mol. The molecule has 2 aliphatic heterocycles. The highest BCUT2D eigenvalue weighted by molar-refractivity contribution is 7.93. The van der Waals surface area contributed by atoms with Crippen LogP contribution in [0.25, 0.3) is 0 Å². The molecule has 0 aliphatic carbocycles. The number of carbonyl (C=O) groups excluding carboxylic acids is 3. The van der Waals surface area contributed by atoms with Crippen LogP contribution in [0.2, 0.25) is 5.02 Å². The summed E-state index contributed by atoms with van der Waals surface area (Å²) in [7, 11) is 1.65. The molecule has 0 spiro atoms. The lowest BCUT2D eigenvalue weighted by Gasteiger charge is -2.42. The van der Waals surface area contributed by atoms with Crippen molar-refractivity contribution in [2.75, 3.05) is 39.2 Å². The smallest absolute Gasteiger partial charge is 0.271 e. The Morgan fingerprint density at radius 2 is 1.74 bits per heavy atom. The van der Waals surface area contributed by atoms with Crippen LogP contribution in [-0.4, -0.2) is 77.2 Å². The number of likely N-dealkylation sites (tertiary alicyclic amines) is 1. The van der Waals surface area contributed by atoms with Crippen LogP contribution in [-0.2, 0) is 25.2 Å². The Hall–Kier alpha value is -3.93. The Morgan fingerprint density at radius 1 is 1.02 bits per heavy atom. The lowest BCUT2D eigenvalue weighted by molar-refractivity contribution is -0.138. The summed E-state index contributed by atoms with van der Waals surface area (Å²) < 4.78 is 40.2. The van der Waals surface area contributed by atoms with Gasteiger partial charge in [0.25, 0.3) is 15.9 Å². The molecule has 0 N–H and O–H groups in total. The zero-order valence-electron chi connectivity index (χ0n) is 23.5. The number of halogens is 1. The number of carbonyl (C=O) groups is 3. The van der Waals surface area contributed by atoms with Crippen LogP contribution < -0.4 is 13.8 Å². The quantitative estimate of drug-likeness (QED) is 0.354. The minimum absolute atomic E-state index is 0.0849. The first-order valence-electron chi connectivity index (χ1n) is 13.2. The predicted molar refractivity (Wildman–Crippen MR) is 157 cm³/mol. The molecule has 2 heterocycles. The first-order chi connectivity index (χ1) is 20.0. The second kappa shape index (κ2) is 11.0. The van der Waals surface area contributed by atoms with Crippen molar-refractivity contribution < 1.29 is 32.3 Å². The molecule has 2 aliphatic rings. The van der Waals surface area contributed by atoms with Crippen molar-refractivity contribution >= 4 is 45.4 Å². The molecule has 12 heteroatoms. The zero-order valence-corrected chi connectivity index (χ0v) is 25.1. The van der Waals surface area contributed by atoms with E-state index in [2.05, 4.69) is 0 Å². The highest BCUT2D eigenvalue weighted by Crippen LogP contribution is 2.55. The predicted octanol–water partition coefficient (Wildman–Crippen LogP) is 3.70. The molecule has 0 bridgehead atoms. The van der Waals surface area contributed by atoms with Gasteiger partial charge in [0.1, 0.15) is 17.8 Å². The monoisotopic (exact) mass is 611 g/mol. The molecule has 0 radical (unpaired) electrons. The molecular formula is C30H30ClN3O7S. The van der Waals surface area contributed by atoms with E-state index in [1.165, 1.54) is 61.6 Å². The van der Waals surface area contributed by atoms with E-state index in [0.717, 1.165) is 4.31 Å². The van der Waals surface area contributed by atoms with Gasteiger partial charge in [0.2, 0.25) is 5.91 Å². The van der Waals surface area contributed by atoms with Crippen LogP contribution in [0, 0.1) is 0 Å². The fraction of sp³-hybridized carbons (Fsp3) is 0.300. The van der Waals surface area contributed by atoms with Crippen LogP contribution in [0.3, 0.4) is 0 Å². The van der Waals surface area contributed by atoms with Crippen molar-refractivity contribution in [3.63, 3.8) is 0 Å². The van der Waals surface area contributed by atoms with Gasteiger partial charge in [-0.1, -0.05) is 11.6 Å². The highest BCUT2D eigenvalue weighted by atomic mass is 35.5. The Labute approximate surface area is 249 Å². The van der Waals surface area contributed by atoms with Crippen molar-refractivity contribution in [3.8, 4) is 11.5 Å². The van der Waals surface area contributed by atoms with E-state index in [0.29, 0.717) is 24.9 Å². The Morgan fingerprint density at radius 3 is 2.36 bits per heavy atom. The SMILES string of the molecule is COc1ccc(S(=O)(=O)N2C(=O)C(c3cc(C=O)ccc3OC)(N3CCC[C@H]3C(=O)N(C)C)c3cc(Cl)ccc32)cc1. The number of aldehydes is 1. The molecule has 42 heavy (non-hydrogen) atoms. The van der Waals surface area contributed by atoms with Gasteiger partial charge < -0.3 is 14.4 Å². The molecule has 0 aromatic heterocycles. The number of anilines is 1. The largest absolute Gasteiger partial charge is 0.497 e. The van der Waals surface area contributed by atoms with Crippen molar-refractivity contribution in [1.82, 2.24) is 9.80 Å². The minimum Gasteiger partial charge on any atom is -0.497 e. The molecule has 3 aromatic carbocycles. The number of hydrogen-bond donors (Lipinski definition) is 0. The third-order valence-electron chi connectivity index (χ3n) is 7.82. The number of rotatable bonds is 8. The van der Waals surface area contributed by atoms with Gasteiger partial charge in [-0.15, -0.1) is 0 Å². The number of sulfonamides is 1. The number of ether oxygens (including phenoxy) is 2. The van der Waals surface area contributed by atoms with Crippen LogP contribution in [0.5, 0.6) is 11.5 Å². The molecule has 2 amide bonds. The molecule has 220 valence electrons. The maximum atomic E-state index is 15.1. The van der Waals surface area contributed by atoms with Gasteiger partial charge in [-0.3, -0.25) is 19.3 Å². The molecule has 1 fully saturated rings. The molecule has 1 saturated heterocycles. The summed E-state index contributed by atoms with van der Waals surface area (Å²) in [4.78, 5) is 43.6. The number of fused-ring (bicyclic) bond motifs is 1. The Bertz CT molecular complexity index is 1680. The van der Waals surface area contributed by atoms with E-state index in [9.17, 15) is 18.0 Å². The zero-order chi connectivity index (χ0) is 30.4. The van der Waals surface area contributed by atoms with Crippen LogP contribution in [0.1, 0.15) is 34.3 Å². The normalized spacial score (nSPS) is 20.4.